The number of rotatable bonds is 3. The fourth-order valence-electron chi connectivity index (χ4n) is 3.43. The summed E-state index contributed by atoms with van der Waals surface area (Å²) in [5.74, 6) is 0.0706. The molecule has 4 nitrogen and oxygen atoms in total. The highest BCUT2D eigenvalue weighted by Gasteiger charge is 2.40. The van der Waals surface area contributed by atoms with Gasteiger partial charge < -0.3 is 10.4 Å². The molecule has 2 aromatic rings. The summed E-state index contributed by atoms with van der Waals surface area (Å²) in [5, 5.41) is 13.7. The van der Waals surface area contributed by atoms with E-state index in [1.807, 2.05) is 23.6 Å². The molecular weight excluding hydrogens is 310 g/mol. The van der Waals surface area contributed by atoms with Crippen LogP contribution in [0.4, 0.5) is 4.79 Å². The number of thiophene rings is 1. The predicted octanol–water partition coefficient (Wildman–Crippen LogP) is 4.51. The minimum absolute atomic E-state index is 0.0706. The SMILES string of the molecule is CC(=O)c1sccc1-c1ccc2c(c1)CC(C)(C)C2NC(=O)O. The fraction of sp³-hybridized carbons (Fsp3) is 0.333. The maximum Gasteiger partial charge on any atom is 0.405 e. The van der Waals surface area contributed by atoms with E-state index in [0.717, 1.165) is 33.6 Å². The van der Waals surface area contributed by atoms with Gasteiger partial charge in [-0.1, -0.05) is 32.0 Å². The third-order valence-electron chi connectivity index (χ3n) is 4.45. The molecule has 1 heterocycles. The Morgan fingerprint density at radius 1 is 1.30 bits per heavy atom. The van der Waals surface area contributed by atoms with Gasteiger partial charge in [-0.05, 0) is 46.9 Å². The fourth-order valence-corrected chi connectivity index (χ4v) is 4.25. The van der Waals surface area contributed by atoms with Crippen LogP contribution < -0.4 is 5.32 Å². The summed E-state index contributed by atoms with van der Waals surface area (Å²) in [5.41, 5.74) is 3.98. The molecule has 0 fully saturated rings. The summed E-state index contributed by atoms with van der Waals surface area (Å²) in [4.78, 5) is 23.6. The van der Waals surface area contributed by atoms with Crippen molar-refractivity contribution in [3.63, 3.8) is 0 Å². The number of carbonyl (C=O) groups excluding carboxylic acids is 1. The number of nitrogens with one attached hydrogen (secondary N) is 1. The number of hydrogen-bond donors (Lipinski definition) is 2. The minimum Gasteiger partial charge on any atom is -0.465 e. The Balaban J connectivity index is 2.03. The first-order valence-corrected chi connectivity index (χ1v) is 8.38. The van der Waals surface area contributed by atoms with Crippen LogP contribution in [0.3, 0.4) is 0 Å². The maximum absolute atomic E-state index is 11.7. The summed E-state index contributed by atoms with van der Waals surface area (Å²) in [6.45, 7) is 5.72. The summed E-state index contributed by atoms with van der Waals surface area (Å²) in [6.07, 6.45) is -0.197. The second-order valence-corrected chi connectivity index (χ2v) is 7.60. The second-order valence-electron chi connectivity index (χ2n) is 6.68. The smallest absolute Gasteiger partial charge is 0.405 e. The van der Waals surface area contributed by atoms with E-state index < -0.39 is 6.09 Å². The first-order chi connectivity index (χ1) is 10.8. The van der Waals surface area contributed by atoms with E-state index in [1.165, 1.54) is 11.3 Å². The molecule has 1 atom stereocenters. The van der Waals surface area contributed by atoms with Gasteiger partial charge in [0.25, 0.3) is 0 Å². The van der Waals surface area contributed by atoms with E-state index in [2.05, 4.69) is 25.2 Å². The highest BCUT2D eigenvalue weighted by molar-refractivity contribution is 7.12. The molecular formula is C18H19NO3S. The summed E-state index contributed by atoms with van der Waals surface area (Å²) >= 11 is 1.45. The molecule has 1 aliphatic carbocycles. The average molecular weight is 329 g/mol. The van der Waals surface area contributed by atoms with Crippen molar-refractivity contribution in [3.05, 3.63) is 45.6 Å². The lowest BCUT2D eigenvalue weighted by Crippen LogP contribution is -2.34. The lowest BCUT2D eigenvalue weighted by atomic mass is 9.85. The highest BCUT2D eigenvalue weighted by Crippen LogP contribution is 2.46. The lowest BCUT2D eigenvalue weighted by Gasteiger charge is -2.27. The quantitative estimate of drug-likeness (QED) is 0.814. The normalized spacial score (nSPS) is 18.5. The van der Waals surface area contributed by atoms with Crippen LogP contribution in [-0.4, -0.2) is 17.0 Å². The lowest BCUT2D eigenvalue weighted by molar-refractivity contribution is 0.102. The Morgan fingerprint density at radius 2 is 2.04 bits per heavy atom. The van der Waals surface area contributed by atoms with Crippen molar-refractivity contribution >= 4 is 23.2 Å². The van der Waals surface area contributed by atoms with Crippen LogP contribution in [0.15, 0.2) is 29.6 Å². The number of ketones is 1. The summed E-state index contributed by atoms with van der Waals surface area (Å²) < 4.78 is 0. The van der Waals surface area contributed by atoms with Crippen LogP contribution in [0, 0.1) is 5.41 Å². The summed E-state index contributed by atoms with van der Waals surface area (Å²) in [6, 6.07) is 7.82. The molecule has 0 spiro atoms. The summed E-state index contributed by atoms with van der Waals surface area (Å²) in [7, 11) is 0. The van der Waals surface area contributed by atoms with Crippen molar-refractivity contribution in [1.82, 2.24) is 5.32 Å². The van der Waals surface area contributed by atoms with E-state index in [-0.39, 0.29) is 17.2 Å². The molecule has 1 aromatic carbocycles. The Hall–Kier alpha value is -2.14. The van der Waals surface area contributed by atoms with E-state index in [1.54, 1.807) is 6.92 Å². The van der Waals surface area contributed by atoms with Gasteiger partial charge in [0.15, 0.2) is 5.78 Å². The van der Waals surface area contributed by atoms with Gasteiger partial charge in [0.05, 0.1) is 10.9 Å². The minimum atomic E-state index is -1.00. The number of benzene rings is 1. The molecule has 1 amide bonds. The number of amides is 1. The van der Waals surface area contributed by atoms with Gasteiger partial charge >= 0.3 is 6.09 Å². The first-order valence-electron chi connectivity index (χ1n) is 7.50. The zero-order valence-electron chi connectivity index (χ0n) is 13.3. The predicted molar refractivity (Wildman–Crippen MR) is 91.1 cm³/mol. The van der Waals surface area contributed by atoms with Gasteiger partial charge in [0, 0.05) is 5.56 Å². The molecule has 3 rings (SSSR count). The van der Waals surface area contributed by atoms with E-state index in [4.69, 9.17) is 5.11 Å². The average Bonchev–Trinajstić information content (AvgIpc) is 3.01. The first kappa shape index (κ1) is 15.7. The monoisotopic (exact) mass is 329 g/mol. The number of fused-ring (bicyclic) bond motifs is 1. The number of Topliss-reactive ketones (excluding diaryl/α,β-unsaturated/α-hetero) is 1. The van der Waals surface area contributed by atoms with Crippen LogP contribution in [0.5, 0.6) is 0 Å². The molecule has 0 radical (unpaired) electrons. The molecule has 23 heavy (non-hydrogen) atoms. The van der Waals surface area contributed by atoms with E-state index >= 15 is 0 Å². The largest absolute Gasteiger partial charge is 0.465 e. The topological polar surface area (TPSA) is 66.4 Å². The van der Waals surface area contributed by atoms with Crippen LogP contribution in [0.25, 0.3) is 11.1 Å². The zero-order chi connectivity index (χ0) is 16.8. The Labute approximate surface area is 139 Å². The van der Waals surface area contributed by atoms with Crippen LogP contribution >= 0.6 is 11.3 Å². The molecule has 1 aromatic heterocycles. The molecule has 0 bridgehead atoms. The van der Waals surface area contributed by atoms with Gasteiger partial charge in [0.2, 0.25) is 0 Å². The van der Waals surface area contributed by atoms with Gasteiger partial charge in [0.1, 0.15) is 0 Å². The van der Waals surface area contributed by atoms with Crippen molar-refractivity contribution in [2.24, 2.45) is 5.41 Å². The standard InChI is InChI=1S/C18H19NO3S/c1-10(20)15-13(6-7-23-15)11-4-5-14-12(8-11)9-18(2,3)16(14)19-17(21)22/h4-8,16,19H,9H2,1-3H3,(H,21,22). The van der Waals surface area contributed by atoms with Crippen molar-refractivity contribution in [2.45, 2.75) is 33.2 Å². The van der Waals surface area contributed by atoms with Gasteiger partial charge in [-0.2, -0.15) is 0 Å². The second kappa shape index (κ2) is 5.49. The molecule has 0 saturated carbocycles. The number of carboxylic acid groups (broad SMARTS) is 1. The molecule has 1 unspecified atom stereocenters. The zero-order valence-corrected chi connectivity index (χ0v) is 14.2. The molecule has 2 N–H and O–H groups in total. The van der Waals surface area contributed by atoms with Crippen molar-refractivity contribution in [2.75, 3.05) is 0 Å². The molecule has 5 heteroatoms. The van der Waals surface area contributed by atoms with Gasteiger partial charge in [-0.3, -0.25) is 4.79 Å². The Bertz CT molecular complexity index is 791. The van der Waals surface area contributed by atoms with Crippen molar-refractivity contribution < 1.29 is 14.7 Å². The Morgan fingerprint density at radius 3 is 2.70 bits per heavy atom. The highest BCUT2D eigenvalue weighted by atomic mass is 32.1. The van der Waals surface area contributed by atoms with Crippen LogP contribution in [0.2, 0.25) is 0 Å². The van der Waals surface area contributed by atoms with Gasteiger partial charge in [-0.15, -0.1) is 11.3 Å². The van der Waals surface area contributed by atoms with Crippen molar-refractivity contribution in [1.29, 1.82) is 0 Å². The van der Waals surface area contributed by atoms with Crippen LogP contribution in [-0.2, 0) is 6.42 Å². The Kier molecular flexibility index (Phi) is 3.76. The molecule has 0 saturated heterocycles. The third-order valence-corrected chi connectivity index (χ3v) is 5.46. The third kappa shape index (κ3) is 2.77. The van der Waals surface area contributed by atoms with Gasteiger partial charge in [-0.25, -0.2) is 4.79 Å². The maximum atomic E-state index is 11.7. The van der Waals surface area contributed by atoms with E-state index in [9.17, 15) is 9.59 Å². The molecule has 0 aliphatic heterocycles. The molecule has 120 valence electrons. The number of carbonyl (C=O) groups is 2. The van der Waals surface area contributed by atoms with Crippen LogP contribution in [0.1, 0.15) is 47.6 Å². The van der Waals surface area contributed by atoms with E-state index in [0.29, 0.717) is 0 Å². The number of hydrogen-bond acceptors (Lipinski definition) is 3. The molecule has 1 aliphatic rings. The van der Waals surface area contributed by atoms with Crippen molar-refractivity contribution in [3.8, 4) is 11.1 Å².